The molecule has 3 heteroatoms. The molecule has 0 fully saturated rings. The molecule has 0 aromatic rings. The van der Waals surface area contributed by atoms with E-state index in [0.717, 1.165) is 12.8 Å². The summed E-state index contributed by atoms with van der Waals surface area (Å²) in [6, 6.07) is 0. The highest BCUT2D eigenvalue weighted by atomic mass is 16.5. The molecule has 15 heavy (non-hydrogen) atoms. The molecule has 0 bridgehead atoms. The average Bonchev–Trinajstić information content (AvgIpc) is 2.19. The van der Waals surface area contributed by atoms with Crippen molar-refractivity contribution in [2.45, 2.75) is 46.6 Å². The number of aliphatic hydroxyl groups excluding tert-OH is 1. The molecule has 0 amide bonds. The van der Waals surface area contributed by atoms with Crippen LogP contribution in [0.1, 0.15) is 40.5 Å². The molecule has 0 saturated heterocycles. The van der Waals surface area contributed by atoms with Gasteiger partial charge in [0.15, 0.2) is 0 Å². The number of carbonyl (C=O) groups is 1. The van der Waals surface area contributed by atoms with Crippen LogP contribution in [0.3, 0.4) is 0 Å². The molecule has 0 aliphatic heterocycles. The smallest absolute Gasteiger partial charge is 0.311 e. The summed E-state index contributed by atoms with van der Waals surface area (Å²) < 4.78 is 4.74. The molecule has 0 aliphatic rings. The zero-order chi connectivity index (χ0) is 12.0. The number of methoxy groups -OCH3 is 1. The quantitative estimate of drug-likeness (QED) is 0.692. The van der Waals surface area contributed by atoms with Crippen molar-refractivity contribution in [1.82, 2.24) is 0 Å². The van der Waals surface area contributed by atoms with Gasteiger partial charge < -0.3 is 9.84 Å². The van der Waals surface area contributed by atoms with E-state index in [1.807, 2.05) is 27.7 Å². The van der Waals surface area contributed by atoms with Gasteiger partial charge in [-0.1, -0.05) is 40.5 Å². The first kappa shape index (κ1) is 14.4. The topological polar surface area (TPSA) is 46.5 Å². The predicted molar refractivity (Wildman–Crippen MR) is 60.4 cm³/mol. The first-order valence-electron chi connectivity index (χ1n) is 5.75. The van der Waals surface area contributed by atoms with Crippen molar-refractivity contribution in [1.29, 1.82) is 0 Å². The molecule has 0 radical (unpaired) electrons. The van der Waals surface area contributed by atoms with Gasteiger partial charge in [0.1, 0.15) is 0 Å². The van der Waals surface area contributed by atoms with Crippen LogP contribution in [0.5, 0.6) is 0 Å². The summed E-state index contributed by atoms with van der Waals surface area (Å²) in [6.07, 6.45) is 1.18. The van der Waals surface area contributed by atoms with E-state index in [2.05, 4.69) is 0 Å². The van der Waals surface area contributed by atoms with Crippen LogP contribution in [-0.4, -0.2) is 24.3 Å². The second-order valence-electron chi connectivity index (χ2n) is 4.36. The Morgan fingerprint density at radius 3 is 2.00 bits per heavy atom. The van der Waals surface area contributed by atoms with Crippen molar-refractivity contribution in [3.63, 3.8) is 0 Å². The monoisotopic (exact) mass is 216 g/mol. The number of hydrogen-bond acceptors (Lipinski definition) is 3. The van der Waals surface area contributed by atoms with Crippen molar-refractivity contribution in [2.24, 2.45) is 17.8 Å². The molecule has 0 saturated carbocycles. The van der Waals surface area contributed by atoms with Crippen LogP contribution in [0, 0.1) is 17.8 Å². The van der Waals surface area contributed by atoms with Gasteiger partial charge in [0.25, 0.3) is 0 Å². The molecule has 0 spiro atoms. The fourth-order valence-corrected chi connectivity index (χ4v) is 2.01. The summed E-state index contributed by atoms with van der Waals surface area (Å²) in [5.74, 6) is -0.422. The second kappa shape index (κ2) is 6.83. The molecule has 90 valence electrons. The molecule has 2 unspecified atom stereocenters. The van der Waals surface area contributed by atoms with Crippen LogP contribution >= 0.6 is 0 Å². The number of esters is 1. The Kier molecular flexibility index (Phi) is 6.57. The third kappa shape index (κ3) is 3.82. The largest absolute Gasteiger partial charge is 0.469 e. The van der Waals surface area contributed by atoms with Crippen molar-refractivity contribution in [3.05, 3.63) is 0 Å². The van der Waals surface area contributed by atoms with E-state index in [0.29, 0.717) is 0 Å². The maximum atomic E-state index is 11.5. The van der Waals surface area contributed by atoms with Crippen LogP contribution in [0.25, 0.3) is 0 Å². The minimum absolute atomic E-state index is 0.105. The molecular weight excluding hydrogens is 192 g/mol. The normalized spacial score (nSPS) is 15.5. The summed E-state index contributed by atoms with van der Waals surface area (Å²) in [5.41, 5.74) is 0. The van der Waals surface area contributed by atoms with Gasteiger partial charge in [-0.3, -0.25) is 4.79 Å². The highest BCUT2D eigenvalue weighted by Gasteiger charge is 2.34. The molecule has 0 aromatic carbocycles. The first-order chi connectivity index (χ1) is 6.99. The van der Waals surface area contributed by atoms with Gasteiger partial charge in [-0.25, -0.2) is 0 Å². The fourth-order valence-electron chi connectivity index (χ4n) is 2.01. The summed E-state index contributed by atoms with van der Waals surface area (Å²) in [7, 11) is 1.37. The summed E-state index contributed by atoms with van der Waals surface area (Å²) in [5, 5.41) is 10.1. The average molecular weight is 216 g/mol. The zero-order valence-electron chi connectivity index (χ0n) is 10.5. The van der Waals surface area contributed by atoms with Crippen LogP contribution in [0.4, 0.5) is 0 Å². The molecule has 0 aliphatic carbocycles. The van der Waals surface area contributed by atoms with Crippen molar-refractivity contribution < 1.29 is 14.6 Å². The van der Waals surface area contributed by atoms with E-state index in [1.165, 1.54) is 7.11 Å². The summed E-state index contributed by atoms with van der Waals surface area (Å²) >= 11 is 0. The SMILES string of the molecule is CCC(CC)C(O)C(C(=O)OC)C(C)C. The number of rotatable bonds is 6. The lowest BCUT2D eigenvalue weighted by Crippen LogP contribution is -2.38. The Bertz CT molecular complexity index is 185. The third-order valence-electron chi connectivity index (χ3n) is 3.09. The van der Waals surface area contributed by atoms with Gasteiger partial charge in [0.2, 0.25) is 0 Å². The number of ether oxygens (including phenoxy) is 1. The number of aliphatic hydroxyl groups is 1. The minimum Gasteiger partial charge on any atom is -0.469 e. The highest BCUT2D eigenvalue weighted by molar-refractivity contribution is 5.73. The summed E-state index contributed by atoms with van der Waals surface area (Å²) in [4.78, 5) is 11.5. The van der Waals surface area contributed by atoms with Gasteiger partial charge in [-0.2, -0.15) is 0 Å². The van der Waals surface area contributed by atoms with Gasteiger partial charge in [0, 0.05) is 0 Å². The van der Waals surface area contributed by atoms with Gasteiger partial charge >= 0.3 is 5.97 Å². The van der Waals surface area contributed by atoms with Gasteiger partial charge in [-0.05, 0) is 11.8 Å². The highest BCUT2D eigenvalue weighted by Crippen LogP contribution is 2.26. The Morgan fingerprint density at radius 1 is 1.27 bits per heavy atom. The van der Waals surface area contributed by atoms with E-state index >= 15 is 0 Å². The molecule has 0 rings (SSSR count). The van der Waals surface area contributed by atoms with Gasteiger partial charge in [0.05, 0.1) is 19.1 Å². The standard InChI is InChI=1S/C12H24O3/c1-6-9(7-2)11(13)10(8(3)4)12(14)15-5/h8-11,13H,6-7H2,1-5H3. The fraction of sp³-hybridized carbons (Fsp3) is 0.917. The van der Waals surface area contributed by atoms with Crippen molar-refractivity contribution >= 4 is 5.97 Å². The lowest BCUT2D eigenvalue weighted by Gasteiger charge is -2.29. The van der Waals surface area contributed by atoms with Gasteiger partial charge in [-0.15, -0.1) is 0 Å². The lowest BCUT2D eigenvalue weighted by molar-refractivity contribution is -0.153. The predicted octanol–water partition coefficient (Wildman–Crippen LogP) is 2.23. The summed E-state index contributed by atoms with van der Waals surface area (Å²) in [6.45, 7) is 7.94. The zero-order valence-corrected chi connectivity index (χ0v) is 10.5. The van der Waals surface area contributed by atoms with Crippen LogP contribution < -0.4 is 0 Å². The van der Waals surface area contributed by atoms with Crippen molar-refractivity contribution in [3.8, 4) is 0 Å². The minimum atomic E-state index is -0.590. The molecule has 1 N–H and O–H groups in total. The maximum Gasteiger partial charge on any atom is 0.311 e. The van der Waals surface area contributed by atoms with E-state index in [4.69, 9.17) is 4.74 Å². The number of hydrogen-bond donors (Lipinski definition) is 1. The first-order valence-corrected chi connectivity index (χ1v) is 5.75. The van der Waals surface area contributed by atoms with E-state index in [9.17, 15) is 9.90 Å². The van der Waals surface area contributed by atoms with E-state index in [1.54, 1.807) is 0 Å². The maximum absolute atomic E-state index is 11.5. The van der Waals surface area contributed by atoms with E-state index in [-0.39, 0.29) is 17.8 Å². The molecule has 0 aromatic heterocycles. The second-order valence-corrected chi connectivity index (χ2v) is 4.36. The molecule has 0 heterocycles. The van der Waals surface area contributed by atoms with Crippen LogP contribution in [-0.2, 0) is 9.53 Å². The Hall–Kier alpha value is -0.570. The molecule has 2 atom stereocenters. The van der Waals surface area contributed by atoms with Crippen molar-refractivity contribution in [2.75, 3.05) is 7.11 Å². The number of carbonyl (C=O) groups excluding carboxylic acids is 1. The van der Waals surface area contributed by atoms with Crippen LogP contribution in [0.15, 0.2) is 0 Å². The Morgan fingerprint density at radius 2 is 1.73 bits per heavy atom. The van der Waals surface area contributed by atoms with Crippen LogP contribution in [0.2, 0.25) is 0 Å². The Balaban J connectivity index is 4.68. The lowest BCUT2D eigenvalue weighted by atomic mass is 9.81. The Labute approximate surface area is 92.8 Å². The molecule has 3 nitrogen and oxygen atoms in total. The van der Waals surface area contributed by atoms with E-state index < -0.39 is 12.0 Å². The third-order valence-corrected chi connectivity index (χ3v) is 3.09. The molecular formula is C12H24O3.